The van der Waals surface area contributed by atoms with Crippen LogP contribution in [0.25, 0.3) is 0 Å². The minimum Gasteiger partial charge on any atom is -0.376 e. The van der Waals surface area contributed by atoms with Crippen molar-refractivity contribution in [3.05, 3.63) is 51.3 Å². The molecule has 0 fully saturated rings. The van der Waals surface area contributed by atoms with Crippen molar-refractivity contribution < 1.29 is 13.7 Å². The summed E-state index contributed by atoms with van der Waals surface area (Å²) in [4.78, 5) is 9.64. The van der Waals surface area contributed by atoms with Crippen LogP contribution in [0.2, 0.25) is 0 Å². The minimum absolute atomic E-state index is 0.172. The lowest BCUT2D eigenvalue weighted by atomic mass is 10.2. The summed E-state index contributed by atoms with van der Waals surface area (Å²) >= 11 is 0. The number of non-ortho nitro benzene ring substituents is 1. The molecule has 0 aliphatic heterocycles. The molecule has 20 heavy (non-hydrogen) atoms. The van der Waals surface area contributed by atoms with Gasteiger partial charge in [0.15, 0.2) is 11.6 Å². The predicted octanol–water partition coefficient (Wildman–Crippen LogP) is 2.53. The number of halogens is 2. The highest BCUT2D eigenvalue weighted by Crippen LogP contribution is 2.25. The Balaban J connectivity index is 2.22. The van der Waals surface area contributed by atoms with Gasteiger partial charge in [-0.3, -0.25) is 14.8 Å². The van der Waals surface area contributed by atoms with Crippen LogP contribution in [0.5, 0.6) is 0 Å². The Hall–Kier alpha value is -2.51. The predicted molar refractivity (Wildman–Crippen MR) is 68.3 cm³/mol. The molecule has 2 aromatic rings. The maximum atomic E-state index is 13.7. The Morgan fingerprint density at radius 3 is 2.45 bits per heavy atom. The molecule has 106 valence electrons. The summed E-state index contributed by atoms with van der Waals surface area (Å²) in [5, 5.41) is 17.2. The first kappa shape index (κ1) is 13.9. The molecule has 0 aliphatic rings. The summed E-state index contributed by atoms with van der Waals surface area (Å²) in [6.07, 6.45) is 1.73. The molecule has 0 unspecified atom stereocenters. The number of hydrogen-bond acceptors (Lipinski definition) is 4. The van der Waals surface area contributed by atoms with Gasteiger partial charge in [0.25, 0.3) is 5.69 Å². The normalized spacial score (nSPS) is 10.6. The molecule has 0 spiro atoms. The molecule has 6 nitrogen and oxygen atoms in total. The first-order chi connectivity index (χ1) is 9.38. The van der Waals surface area contributed by atoms with E-state index in [0.717, 1.165) is 11.3 Å². The Morgan fingerprint density at radius 1 is 1.40 bits per heavy atom. The smallest absolute Gasteiger partial charge is 0.275 e. The molecule has 0 amide bonds. The molecular weight excluding hydrogens is 270 g/mol. The third-order valence-corrected chi connectivity index (χ3v) is 2.81. The zero-order valence-electron chi connectivity index (χ0n) is 10.9. The largest absolute Gasteiger partial charge is 0.376 e. The van der Waals surface area contributed by atoms with Gasteiger partial charge in [0.05, 0.1) is 22.7 Å². The van der Waals surface area contributed by atoms with Crippen LogP contribution >= 0.6 is 0 Å². The third kappa shape index (κ3) is 2.73. The number of hydrogen-bond donors (Lipinski definition) is 1. The zero-order valence-corrected chi connectivity index (χ0v) is 10.9. The van der Waals surface area contributed by atoms with Crippen molar-refractivity contribution in [1.29, 1.82) is 0 Å². The van der Waals surface area contributed by atoms with Crippen LogP contribution in [0, 0.1) is 28.7 Å². The van der Waals surface area contributed by atoms with Crippen LogP contribution in [-0.4, -0.2) is 14.7 Å². The number of nitrogens with zero attached hydrogens (tertiary/aromatic N) is 3. The van der Waals surface area contributed by atoms with E-state index >= 15 is 0 Å². The molecule has 8 heteroatoms. The SMILES string of the molecule is Cc1nn(C)cc1CNc1c(F)cc([N+](=O)[O-])cc1F. The van der Waals surface area contributed by atoms with Gasteiger partial charge in [-0.1, -0.05) is 0 Å². The monoisotopic (exact) mass is 282 g/mol. The Kier molecular flexibility index (Phi) is 3.64. The van der Waals surface area contributed by atoms with Gasteiger partial charge in [0.2, 0.25) is 0 Å². The van der Waals surface area contributed by atoms with Crippen LogP contribution in [0.1, 0.15) is 11.3 Å². The topological polar surface area (TPSA) is 73.0 Å². The number of nitro groups is 1. The van der Waals surface area contributed by atoms with Gasteiger partial charge in [-0.2, -0.15) is 5.10 Å². The van der Waals surface area contributed by atoms with E-state index in [-0.39, 0.29) is 12.2 Å². The molecule has 0 saturated heterocycles. The number of nitrogens with one attached hydrogen (secondary N) is 1. The molecule has 0 saturated carbocycles. The maximum Gasteiger partial charge on any atom is 0.275 e. The van der Waals surface area contributed by atoms with Crippen LogP contribution in [-0.2, 0) is 13.6 Å². The van der Waals surface area contributed by atoms with Gasteiger partial charge in [0.1, 0.15) is 5.69 Å². The fourth-order valence-corrected chi connectivity index (χ4v) is 1.84. The van der Waals surface area contributed by atoms with Gasteiger partial charge in [-0.05, 0) is 6.92 Å². The summed E-state index contributed by atoms with van der Waals surface area (Å²) in [5.74, 6) is -2.00. The van der Waals surface area contributed by atoms with E-state index in [2.05, 4.69) is 10.4 Å². The Labute approximate surface area is 113 Å². The number of aromatic nitrogens is 2. The molecule has 1 aromatic carbocycles. The van der Waals surface area contributed by atoms with Gasteiger partial charge < -0.3 is 5.32 Å². The number of aryl methyl sites for hydroxylation is 2. The second kappa shape index (κ2) is 5.24. The molecule has 0 aliphatic carbocycles. The highest BCUT2D eigenvalue weighted by atomic mass is 19.1. The van der Waals surface area contributed by atoms with Gasteiger partial charge in [0, 0.05) is 25.4 Å². The van der Waals surface area contributed by atoms with E-state index < -0.39 is 22.2 Å². The van der Waals surface area contributed by atoms with Crippen molar-refractivity contribution in [1.82, 2.24) is 9.78 Å². The first-order valence-electron chi connectivity index (χ1n) is 5.75. The van der Waals surface area contributed by atoms with E-state index in [4.69, 9.17) is 0 Å². The standard InChI is InChI=1S/C12H12F2N4O2/c1-7-8(6-17(2)16-7)5-15-12-10(13)3-9(18(19)20)4-11(12)14/h3-4,6,15H,5H2,1-2H3. The average Bonchev–Trinajstić information content (AvgIpc) is 2.66. The first-order valence-corrected chi connectivity index (χ1v) is 5.75. The third-order valence-electron chi connectivity index (χ3n) is 2.81. The maximum absolute atomic E-state index is 13.7. The fraction of sp³-hybridized carbons (Fsp3) is 0.250. The second-order valence-corrected chi connectivity index (χ2v) is 4.31. The summed E-state index contributed by atoms with van der Waals surface area (Å²) in [7, 11) is 1.74. The van der Waals surface area contributed by atoms with Gasteiger partial charge >= 0.3 is 0 Å². The van der Waals surface area contributed by atoms with Crippen LogP contribution in [0.15, 0.2) is 18.3 Å². The van der Waals surface area contributed by atoms with Crippen LogP contribution < -0.4 is 5.32 Å². The summed E-state index contributed by atoms with van der Waals surface area (Å²) in [6.45, 7) is 1.95. The molecule has 1 N–H and O–H groups in total. The van der Waals surface area contributed by atoms with Crippen molar-refractivity contribution in [3.63, 3.8) is 0 Å². The number of nitro benzene ring substituents is 1. The van der Waals surface area contributed by atoms with Gasteiger partial charge in [-0.15, -0.1) is 0 Å². The summed E-state index contributed by atoms with van der Waals surface area (Å²) < 4.78 is 28.9. The molecular formula is C12H12F2N4O2. The lowest BCUT2D eigenvalue weighted by Crippen LogP contribution is -2.05. The number of anilines is 1. The lowest BCUT2D eigenvalue weighted by molar-refractivity contribution is -0.385. The Morgan fingerprint density at radius 2 is 2.00 bits per heavy atom. The molecule has 0 bridgehead atoms. The highest BCUT2D eigenvalue weighted by molar-refractivity contribution is 5.52. The highest BCUT2D eigenvalue weighted by Gasteiger charge is 2.17. The van der Waals surface area contributed by atoms with E-state index in [0.29, 0.717) is 12.1 Å². The average molecular weight is 282 g/mol. The molecule has 0 atom stereocenters. The Bertz CT molecular complexity index is 646. The molecule has 2 rings (SSSR count). The van der Waals surface area contributed by atoms with Crippen molar-refractivity contribution in [2.24, 2.45) is 7.05 Å². The minimum atomic E-state index is -1.00. The van der Waals surface area contributed by atoms with Crippen LogP contribution in [0.4, 0.5) is 20.2 Å². The van der Waals surface area contributed by atoms with Crippen molar-refractivity contribution in [3.8, 4) is 0 Å². The number of rotatable bonds is 4. The zero-order chi connectivity index (χ0) is 14.9. The van der Waals surface area contributed by atoms with E-state index in [1.807, 2.05) is 0 Å². The van der Waals surface area contributed by atoms with Crippen LogP contribution in [0.3, 0.4) is 0 Å². The number of benzene rings is 1. The van der Waals surface area contributed by atoms with Crippen molar-refractivity contribution >= 4 is 11.4 Å². The quantitative estimate of drug-likeness (QED) is 0.690. The molecule has 1 aromatic heterocycles. The van der Waals surface area contributed by atoms with E-state index in [1.54, 1.807) is 24.9 Å². The summed E-state index contributed by atoms with van der Waals surface area (Å²) in [5.41, 5.74) is 0.509. The molecule has 1 heterocycles. The fourth-order valence-electron chi connectivity index (χ4n) is 1.84. The molecule has 0 radical (unpaired) electrons. The van der Waals surface area contributed by atoms with Gasteiger partial charge in [-0.25, -0.2) is 8.78 Å². The van der Waals surface area contributed by atoms with E-state index in [9.17, 15) is 18.9 Å². The lowest BCUT2D eigenvalue weighted by Gasteiger charge is -2.08. The summed E-state index contributed by atoms with van der Waals surface area (Å²) in [6, 6.07) is 1.36. The van der Waals surface area contributed by atoms with E-state index in [1.165, 1.54) is 0 Å². The second-order valence-electron chi connectivity index (χ2n) is 4.31. The van der Waals surface area contributed by atoms with Crippen molar-refractivity contribution in [2.45, 2.75) is 13.5 Å². The van der Waals surface area contributed by atoms with Crippen molar-refractivity contribution in [2.75, 3.05) is 5.32 Å².